The predicted molar refractivity (Wildman–Crippen MR) is 96.8 cm³/mol. The third-order valence-electron chi connectivity index (χ3n) is 4.27. The van der Waals surface area contributed by atoms with E-state index in [4.69, 9.17) is 18.9 Å². The van der Waals surface area contributed by atoms with Crippen LogP contribution in [0.25, 0.3) is 22.0 Å². The number of methoxy groups -OCH3 is 4. The number of rotatable bonds is 5. The van der Waals surface area contributed by atoms with Crippen molar-refractivity contribution in [3.05, 3.63) is 42.6 Å². The van der Waals surface area contributed by atoms with Crippen molar-refractivity contribution in [2.75, 3.05) is 28.4 Å². The van der Waals surface area contributed by atoms with Crippen molar-refractivity contribution in [2.45, 2.75) is 0 Å². The lowest BCUT2D eigenvalue weighted by Gasteiger charge is -2.11. The van der Waals surface area contributed by atoms with Gasteiger partial charge in [-0.05, 0) is 35.7 Å². The zero-order valence-electron chi connectivity index (χ0n) is 15.1. The van der Waals surface area contributed by atoms with Crippen LogP contribution in [0, 0.1) is 0 Å². The molecular weight excluding hydrogens is 318 g/mol. The Hall–Kier alpha value is -2.95. The molecule has 2 aromatic carbocycles. The Morgan fingerprint density at radius 1 is 0.640 bits per heavy atom. The van der Waals surface area contributed by atoms with Crippen LogP contribution in [-0.4, -0.2) is 28.4 Å². The molecule has 0 spiro atoms. The number of hydrogen-bond acceptors (Lipinski definition) is 4. The molecule has 0 amide bonds. The Bertz CT molecular complexity index is 921. The maximum Gasteiger partial charge on any atom is 0.213 e. The Labute approximate surface area is 147 Å². The van der Waals surface area contributed by atoms with E-state index < -0.39 is 0 Å². The highest BCUT2D eigenvalue weighted by Gasteiger charge is 2.16. The lowest BCUT2D eigenvalue weighted by Crippen LogP contribution is -2.30. The second-order valence-electron chi connectivity index (χ2n) is 5.68. The van der Waals surface area contributed by atoms with Gasteiger partial charge in [-0.2, -0.15) is 0 Å². The molecule has 0 aliphatic carbocycles. The zero-order valence-corrected chi connectivity index (χ0v) is 15.1. The van der Waals surface area contributed by atoms with E-state index in [1.165, 1.54) is 0 Å². The first-order chi connectivity index (χ1) is 12.1. The molecule has 0 unspecified atom stereocenters. The summed E-state index contributed by atoms with van der Waals surface area (Å²) >= 11 is 0. The summed E-state index contributed by atoms with van der Waals surface area (Å²) < 4.78 is 23.6. The minimum atomic E-state index is 0.701. The monoisotopic (exact) mass is 340 g/mol. The molecule has 0 aliphatic rings. The van der Waals surface area contributed by atoms with Crippen LogP contribution in [0.5, 0.6) is 23.0 Å². The normalized spacial score (nSPS) is 10.6. The number of aromatic nitrogens is 1. The van der Waals surface area contributed by atoms with Crippen LogP contribution in [0.4, 0.5) is 0 Å². The number of benzene rings is 2. The van der Waals surface area contributed by atoms with Crippen molar-refractivity contribution in [1.29, 1.82) is 0 Å². The fourth-order valence-corrected chi connectivity index (χ4v) is 2.96. The van der Waals surface area contributed by atoms with Gasteiger partial charge in [0.1, 0.15) is 7.05 Å². The molecule has 130 valence electrons. The Morgan fingerprint density at radius 3 is 1.80 bits per heavy atom. The first kappa shape index (κ1) is 16.9. The van der Waals surface area contributed by atoms with E-state index in [0.29, 0.717) is 23.0 Å². The molecule has 0 bridgehead atoms. The molecule has 0 fully saturated rings. The van der Waals surface area contributed by atoms with Crippen LogP contribution in [0.3, 0.4) is 0 Å². The summed E-state index contributed by atoms with van der Waals surface area (Å²) in [7, 11) is 8.57. The summed E-state index contributed by atoms with van der Waals surface area (Å²) in [5, 5.41) is 2.14. The fraction of sp³-hybridized carbons (Fsp3) is 0.250. The van der Waals surface area contributed by atoms with Gasteiger partial charge in [-0.25, -0.2) is 4.57 Å². The van der Waals surface area contributed by atoms with Crippen LogP contribution < -0.4 is 23.5 Å². The molecule has 0 radical (unpaired) electrons. The molecule has 0 saturated heterocycles. The molecule has 0 atom stereocenters. The standard InChI is InChI=1S/C20H22NO4/c1-21-12-15-11-20(25-5)19(24-4)10-14(15)8-16(21)13-6-7-17(22-2)18(9-13)23-3/h6-12H,1-5H3/q+1. The number of pyridine rings is 1. The summed E-state index contributed by atoms with van der Waals surface area (Å²) in [6.07, 6.45) is 2.07. The van der Waals surface area contributed by atoms with Crippen LogP contribution in [-0.2, 0) is 7.05 Å². The van der Waals surface area contributed by atoms with Crippen LogP contribution >= 0.6 is 0 Å². The first-order valence-corrected chi connectivity index (χ1v) is 7.89. The molecule has 25 heavy (non-hydrogen) atoms. The van der Waals surface area contributed by atoms with Gasteiger partial charge in [0.2, 0.25) is 5.69 Å². The van der Waals surface area contributed by atoms with Crippen molar-refractivity contribution in [3.63, 3.8) is 0 Å². The minimum Gasteiger partial charge on any atom is -0.493 e. The molecule has 0 aliphatic heterocycles. The van der Waals surface area contributed by atoms with Crippen molar-refractivity contribution >= 4 is 10.8 Å². The van der Waals surface area contributed by atoms with E-state index in [0.717, 1.165) is 22.0 Å². The number of aryl methyl sites for hydroxylation is 1. The van der Waals surface area contributed by atoms with Crippen LogP contribution in [0.2, 0.25) is 0 Å². The van der Waals surface area contributed by atoms with Crippen LogP contribution in [0.1, 0.15) is 0 Å². The average molecular weight is 340 g/mol. The van der Waals surface area contributed by atoms with Gasteiger partial charge in [-0.15, -0.1) is 0 Å². The fourth-order valence-electron chi connectivity index (χ4n) is 2.96. The highest BCUT2D eigenvalue weighted by molar-refractivity contribution is 5.87. The molecule has 0 saturated carbocycles. The van der Waals surface area contributed by atoms with Gasteiger partial charge in [0.15, 0.2) is 29.2 Å². The Morgan fingerprint density at radius 2 is 1.20 bits per heavy atom. The lowest BCUT2D eigenvalue weighted by molar-refractivity contribution is -0.659. The highest BCUT2D eigenvalue weighted by atomic mass is 16.5. The average Bonchev–Trinajstić information content (AvgIpc) is 2.65. The Balaban J connectivity index is 2.18. The predicted octanol–water partition coefficient (Wildman–Crippen LogP) is 3.37. The first-order valence-electron chi connectivity index (χ1n) is 7.89. The maximum absolute atomic E-state index is 5.42. The smallest absolute Gasteiger partial charge is 0.213 e. The number of fused-ring (bicyclic) bond motifs is 1. The molecule has 1 aromatic heterocycles. The van der Waals surface area contributed by atoms with E-state index in [1.807, 2.05) is 37.4 Å². The van der Waals surface area contributed by atoms with E-state index in [2.05, 4.69) is 16.8 Å². The largest absolute Gasteiger partial charge is 0.493 e. The van der Waals surface area contributed by atoms with Crippen molar-refractivity contribution in [2.24, 2.45) is 7.05 Å². The van der Waals surface area contributed by atoms with Crippen LogP contribution in [0.15, 0.2) is 42.6 Å². The topological polar surface area (TPSA) is 40.8 Å². The summed E-state index contributed by atoms with van der Waals surface area (Å²) in [6.45, 7) is 0. The van der Waals surface area contributed by atoms with Gasteiger partial charge in [-0.1, -0.05) is 0 Å². The molecule has 3 rings (SSSR count). The van der Waals surface area contributed by atoms with Crippen molar-refractivity contribution < 1.29 is 23.5 Å². The number of nitrogens with zero attached hydrogens (tertiary/aromatic N) is 1. The molecule has 3 aromatic rings. The van der Waals surface area contributed by atoms with Gasteiger partial charge < -0.3 is 18.9 Å². The number of ether oxygens (including phenoxy) is 4. The number of hydrogen-bond donors (Lipinski definition) is 0. The van der Waals surface area contributed by atoms with E-state index in [-0.39, 0.29) is 0 Å². The highest BCUT2D eigenvalue weighted by Crippen LogP contribution is 2.35. The summed E-state index contributed by atoms with van der Waals surface area (Å²) in [4.78, 5) is 0. The molecule has 5 nitrogen and oxygen atoms in total. The van der Waals surface area contributed by atoms with Crippen molar-refractivity contribution in [1.82, 2.24) is 0 Å². The van der Waals surface area contributed by atoms with E-state index >= 15 is 0 Å². The van der Waals surface area contributed by atoms with Gasteiger partial charge in [0, 0.05) is 11.5 Å². The summed E-state index contributed by atoms with van der Waals surface area (Å²) in [5.74, 6) is 2.84. The van der Waals surface area contributed by atoms with Gasteiger partial charge in [0.05, 0.1) is 34.0 Å². The van der Waals surface area contributed by atoms with E-state index in [1.54, 1.807) is 28.4 Å². The SMILES string of the molecule is COc1ccc(-c2cc3cc(OC)c(OC)cc3c[n+]2C)cc1OC. The molecular formula is C20H22NO4+. The quantitative estimate of drug-likeness (QED) is 0.668. The Kier molecular flexibility index (Phi) is 4.65. The molecule has 1 heterocycles. The molecule has 0 N–H and O–H groups in total. The lowest BCUT2D eigenvalue weighted by atomic mass is 10.1. The maximum atomic E-state index is 5.42. The van der Waals surface area contributed by atoms with Gasteiger partial charge >= 0.3 is 0 Å². The summed E-state index contributed by atoms with van der Waals surface area (Å²) in [6, 6.07) is 12.0. The molecule has 5 heteroatoms. The van der Waals surface area contributed by atoms with Gasteiger partial charge in [0.25, 0.3) is 0 Å². The summed E-state index contributed by atoms with van der Waals surface area (Å²) in [5.41, 5.74) is 2.09. The minimum absolute atomic E-state index is 0.701. The van der Waals surface area contributed by atoms with E-state index in [9.17, 15) is 0 Å². The third-order valence-corrected chi connectivity index (χ3v) is 4.27. The van der Waals surface area contributed by atoms with Gasteiger partial charge in [-0.3, -0.25) is 0 Å². The zero-order chi connectivity index (χ0) is 18.0. The van der Waals surface area contributed by atoms with Crippen molar-refractivity contribution in [3.8, 4) is 34.3 Å². The second kappa shape index (κ2) is 6.89. The second-order valence-corrected chi connectivity index (χ2v) is 5.68. The third kappa shape index (κ3) is 3.05.